The Labute approximate surface area is 171 Å². The molecule has 0 aliphatic carbocycles. The molecule has 0 aliphatic heterocycles. The van der Waals surface area contributed by atoms with Crippen LogP contribution in [-0.4, -0.2) is 46.7 Å². The van der Waals surface area contributed by atoms with Crippen LogP contribution in [-0.2, 0) is 9.59 Å². The minimum atomic E-state index is -0.381. The van der Waals surface area contributed by atoms with Gasteiger partial charge in [0.25, 0.3) is 11.8 Å². The van der Waals surface area contributed by atoms with Crippen LogP contribution in [0.4, 0.5) is 15.8 Å². The van der Waals surface area contributed by atoms with E-state index in [-0.39, 0.29) is 30.7 Å². The maximum absolute atomic E-state index is 12.9. The molecule has 3 N–H and O–H groups in total. The Hall–Kier alpha value is -3.30. The molecule has 29 heavy (non-hydrogen) atoms. The van der Waals surface area contributed by atoms with Gasteiger partial charge in [-0.05, 0) is 42.5 Å². The Balaban J connectivity index is 1.57. The van der Waals surface area contributed by atoms with Gasteiger partial charge in [-0.2, -0.15) is 5.10 Å². The molecule has 1 unspecified atom stereocenters. The van der Waals surface area contributed by atoms with Crippen molar-refractivity contribution < 1.29 is 18.9 Å². The van der Waals surface area contributed by atoms with E-state index in [0.717, 1.165) is 0 Å². The summed E-state index contributed by atoms with van der Waals surface area (Å²) in [6.07, 6.45) is 2.90. The Kier molecular flexibility index (Phi) is 6.53. The van der Waals surface area contributed by atoms with Gasteiger partial charge < -0.3 is 15.5 Å². The molecule has 0 bridgehead atoms. The number of nitrogens with one attached hydrogen (secondary N) is 3. The Morgan fingerprint density at radius 3 is 2.45 bits per heavy atom. The first-order chi connectivity index (χ1) is 13.9. The van der Waals surface area contributed by atoms with Gasteiger partial charge in [0.1, 0.15) is 18.5 Å². The lowest BCUT2D eigenvalue weighted by atomic mass is 10.2. The van der Waals surface area contributed by atoms with Crippen LogP contribution in [0.5, 0.6) is 0 Å². The van der Waals surface area contributed by atoms with Crippen LogP contribution in [0.3, 0.4) is 0 Å². The number of aromatic nitrogens is 3. The number of hydrogen-bond donors (Lipinski definition) is 3. The summed E-state index contributed by atoms with van der Waals surface area (Å²) in [7, 11) is 1.72. The van der Waals surface area contributed by atoms with Crippen LogP contribution in [0.25, 0.3) is 5.69 Å². The van der Waals surface area contributed by atoms with E-state index in [4.69, 9.17) is 11.6 Å². The van der Waals surface area contributed by atoms with Crippen molar-refractivity contribution in [2.75, 3.05) is 30.8 Å². The number of quaternary nitrogens is 1. The molecule has 3 aromatic rings. The predicted molar refractivity (Wildman–Crippen MR) is 107 cm³/mol. The fourth-order valence-corrected chi connectivity index (χ4v) is 2.86. The summed E-state index contributed by atoms with van der Waals surface area (Å²) in [5, 5.41) is 9.98. The van der Waals surface area contributed by atoms with E-state index in [1.807, 2.05) is 0 Å². The van der Waals surface area contributed by atoms with Gasteiger partial charge in [0, 0.05) is 10.7 Å². The Morgan fingerprint density at radius 1 is 1.10 bits per heavy atom. The maximum atomic E-state index is 12.9. The van der Waals surface area contributed by atoms with Crippen LogP contribution in [0.1, 0.15) is 0 Å². The first-order valence-electron chi connectivity index (χ1n) is 8.72. The van der Waals surface area contributed by atoms with Crippen molar-refractivity contribution in [3.8, 4) is 5.69 Å². The van der Waals surface area contributed by atoms with Gasteiger partial charge in [0.2, 0.25) is 0 Å². The summed E-state index contributed by atoms with van der Waals surface area (Å²) in [5.74, 6) is -0.956. The molecule has 0 saturated heterocycles. The average Bonchev–Trinajstić information content (AvgIpc) is 3.18. The van der Waals surface area contributed by atoms with Gasteiger partial charge in [0.15, 0.2) is 13.1 Å². The summed E-state index contributed by atoms with van der Waals surface area (Å²) in [6.45, 7) is 0.121. The highest BCUT2D eigenvalue weighted by molar-refractivity contribution is 6.31. The van der Waals surface area contributed by atoms with E-state index in [2.05, 4.69) is 20.7 Å². The van der Waals surface area contributed by atoms with Crippen molar-refractivity contribution in [2.45, 2.75) is 0 Å². The topological polar surface area (TPSA) is 93.3 Å². The molecule has 1 aromatic heterocycles. The molecule has 1 heterocycles. The second-order valence-electron chi connectivity index (χ2n) is 6.42. The quantitative estimate of drug-likeness (QED) is 0.537. The largest absolute Gasteiger partial charge is 0.322 e. The zero-order chi connectivity index (χ0) is 20.8. The van der Waals surface area contributed by atoms with Gasteiger partial charge in [-0.1, -0.05) is 11.6 Å². The maximum Gasteiger partial charge on any atom is 0.279 e. The normalized spacial score (nSPS) is 11.7. The number of benzene rings is 2. The van der Waals surface area contributed by atoms with Gasteiger partial charge in [-0.25, -0.2) is 14.1 Å². The van der Waals surface area contributed by atoms with Gasteiger partial charge >= 0.3 is 0 Å². The fourth-order valence-electron chi connectivity index (χ4n) is 2.68. The molecule has 0 spiro atoms. The molecule has 0 aliphatic rings. The first kappa shape index (κ1) is 20.4. The number of anilines is 2. The number of hydrogen-bond acceptors (Lipinski definition) is 4. The number of rotatable bonds is 7. The van der Waals surface area contributed by atoms with E-state index in [0.29, 0.717) is 27.0 Å². The molecule has 8 nitrogen and oxygen atoms in total. The monoisotopic (exact) mass is 417 g/mol. The molecular weight excluding hydrogens is 399 g/mol. The van der Waals surface area contributed by atoms with Crippen LogP contribution in [0, 0.1) is 5.82 Å². The second-order valence-corrected chi connectivity index (χ2v) is 6.85. The molecule has 1 atom stereocenters. The molecular formula is C19H19ClFN6O2+. The minimum Gasteiger partial charge on any atom is -0.322 e. The number of nitrogens with zero attached hydrogens (tertiary/aromatic N) is 3. The van der Waals surface area contributed by atoms with Crippen LogP contribution in [0.2, 0.25) is 5.02 Å². The summed E-state index contributed by atoms with van der Waals surface area (Å²) in [5.41, 5.74) is 1.59. The van der Waals surface area contributed by atoms with Crippen LogP contribution in [0.15, 0.2) is 55.1 Å². The van der Waals surface area contributed by atoms with Crippen molar-refractivity contribution >= 4 is 34.8 Å². The molecule has 0 radical (unpaired) electrons. The standard InChI is InChI=1S/C19H18ClFN6O2/c1-26(9-18(28)24-15-5-3-14(21)4-6-15)10-19(29)25-16-8-13(20)2-7-17(16)27-12-22-11-23-27/h2-8,11-12H,9-10H2,1H3,(H,24,28)(H,25,29)/p+1. The van der Waals surface area contributed by atoms with E-state index >= 15 is 0 Å². The van der Waals surface area contributed by atoms with Crippen molar-refractivity contribution in [1.29, 1.82) is 0 Å². The van der Waals surface area contributed by atoms with Crippen molar-refractivity contribution in [2.24, 2.45) is 0 Å². The number of halogens is 2. The zero-order valence-electron chi connectivity index (χ0n) is 15.5. The van der Waals surface area contributed by atoms with Gasteiger partial charge in [0.05, 0.1) is 18.4 Å². The third-order valence-electron chi connectivity index (χ3n) is 3.95. The number of likely N-dealkylation sites (N-methyl/N-ethyl adjacent to an activating group) is 1. The lowest BCUT2D eigenvalue weighted by molar-refractivity contribution is -0.862. The fraction of sp³-hybridized carbons (Fsp3) is 0.158. The summed E-state index contributed by atoms with van der Waals surface area (Å²) in [6, 6.07) is 10.5. The van der Waals surface area contributed by atoms with E-state index < -0.39 is 0 Å². The van der Waals surface area contributed by atoms with Crippen molar-refractivity contribution in [3.63, 3.8) is 0 Å². The number of amides is 2. The van der Waals surface area contributed by atoms with Crippen LogP contribution < -0.4 is 15.5 Å². The molecule has 0 saturated carbocycles. The summed E-state index contributed by atoms with van der Waals surface area (Å²) >= 11 is 6.04. The number of carbonyl (C=O) groups is 2. The predicted octanol–water partition coefficient (Wildman–Crippen LogP) is 1.15. The molecule has 3 rings (SSSR count). The van der Waals surface area contributed by atoms with Gasteiger partial charge in [-0.3, -0.25) is 9.59 Å². The van der Waals surface area contributed by atoms with Crippen LogP contribution >= 0.6 is 11.6 Å². The highest BCUT2D eigenvalue weighted by Crippen LogP contribution is 2.23. The summed E-state index contributed by atoms with van der Waals surface area (Å²) in [4.78, 5) is 29.1. The lowest BCUT2D eigenvalue weighted by Gasteiger charge is -2.15. The Bertz CT molecular complexity index is 994. The molecule has 2 aromatic carbocycles. The number of carbonyl (C=O) groups excluding carboxylic acids is 2. The third-order valence-corrected chi connectivity index (χ3v) is 4.19. The average molecular weight is 418 g/mol. The molecule has 10 heteroatoms. The molecule has 2 amide bonds. The van der Waals surface area contributed by atoms with Crippen molar-refractivity contribution in [1.82, 2.24) is 14.8 Å². The smallest absolute Gasteiger partial charge is 0.279 e. The minimum absolute atomic E-state index is 0.0557. The zero-order valence-corrected chi connectivity index (χ0v) is 16.3. The van der Waals surface area contributed by atoms with Crippen molar-refractivity contribution in [3.05, 3.63) is 66.0 Å². The van der Waals surface area contributed by atoms with Gasteiger partial charge in [-0.15, -0.1) is 0 Å². The van der Waals surface area contributed by atoms with E-state index in [1.54, 1.807) is 25.2 Å². The first-order valence-corrected chi connectivity index (χ1v) is 9.09. The molecule has 0 fully saturated rings. The van der Waals surface area contributed by atoms with E-state index in [1.165, 1.54) is 41.6 Å². The second kappa shape index (κ2) is 9.26. The molecule has 150 valence electrons. The third kappa shape index (κ3) is 5.84. The highest BCUT2D eigenvalue weighted by atomic mass is 35.5. The highest BCUT2D eigenvalue weighted by Gasteiger charge is 2.16. The Morgan fingerprint density at radius 2 is 1.79 bits per heavy atom. The lowest BCUT2D eigenvalue weighted by Crippen LogP contribution is -3.11. The summed E-state index contributed by atoms with van der Waals surface area (Å²) < 4.78 is 14.4. The SMILES string of the molecule is C[NH+](CC(=O)Nc1ccc(F)cc1)CC(=O)Nc1cc(Cl)ccc1-n1cncn1. The van der Waals surface area contributed by atoms with E-state index in [9.17, 15) is 14.0 Å².